The van der Waals surface area contributed by atoms with Crippen LogP contribution in [0.15, 0.2) is 0 Å². The van der Waals surface area contributed by atoms with Crippen LogP contribution in [0.4, 0.5) is 5.95 Å². The molecule has 16 heavy (non-hydrogen) atoms. The number of aromatic nitrogens is 3. The lowest BCUT2D eigenvalue weighted by molar-refractivity contribution is 0.0852. The highest BCUT2D eigenvalue weighted by atomic mass is 35.5. The smallest absolute Gasteiger partial charge is 0.230 e. The summed E-state index contributed by atoms with van der Waals surface area (Å²) in [4.78, 5) is 13.8. The zero-order valence-electron chi connectivity index (χ0n) is 8.86. The van der Waals surface area contributed by atoms with Crippen molar-refractivity contribution in [3.05, 3.63) is 10.6 Å². The van der Waals surface area contributed by atoms with E-state index in [-0.39, 0.29) is 10.6 Å². The van der Waals surface area contributed by atoms with Gasteiger partial charge >= 0.3 is 0 Å². The second kappa shape index (κ2) is 5.12. The van der Waals surface area contributed by atoms with E-state index in [1.165, 1.54) is 0 Å². The summed E-state index contributed by atoms with van der Waals surface area (Å²) in [5, 5.41) is 0.239. The first-order valence-corrected chi connectivity index (χ1v) is 5.80. The summed E-state index contributed by atoms with van der Waals surface area (Å²) in [6.07, 6.45) is 1.91. The highest BCUT2D eigenvalue weighted by molar-refractivity contribution is 6.31. The number of anilines is 1. The van der Waals surface area contributed by atoms with Crippen molar-refractivity contribution in [1.82, 2.24) is 15.0 Å². The predicted octanol–water partition coefficient (Wildman–Crippen LogP) is 1.79. The molecule has 1 saturated heterocycles. The molecule has 1 aromatic rings. The van der Waals surface area contributed by atoms with Gasteiger partial charge in [-0.1, -0.05) is 0 Å². The summed E-state index contributed by atoms with van der Waals surface area (Å²) >= 11 is 11.5. The Kier molecular flexibility index (Phi) is 3.78. The van der Waals surface area contributed by atoms with Crippen LogP contribution in [0, 0.1) is 0 Å². The Morgan fingerprint density at radius 2 is 1.69 bits per heavy atom. The minimum atomic E-state index is 0.119. The van der Waals surface area contributed by atoms with Crippen molar-refractivity contribution in [1.29, 1.82) is 0 Å². The number of ether oxygens (including phenoxy) is 1. The molecule has 0 unspecified atom stereocenters. The van der Waals surface area contributed by atoms with Gasteiger partial charge in [0.05, 0.1) is 0 Å². The van der Waals surface area contributed by atoms with E-state index in [0.29, 0.717) is 12.0 Å². The maximum atomic E-state index is 5.74. The van der Waals surface area contributed by atoms with Gasteiger partial charge in [-0.3, -0.25) is 0 Å². The van der Waals surface area contributed by atoms with Crippen molar-refractivity contribution in [2.45, 2.75) is 18.9 Å². The summed E-state index contributed by atoms with van der Waals surface area (Å²) in [5.41, 5.74) is 0. The third kappa shape index (κ3) is 2.72. The largest absolute Gasteiger partial charge is 0.381 e. The van der Waals surface area contributed by atoms with E-state index in [4.69, 9.17) is 27.9 Å². The van der Waals surface area contributed by atoms with Crippen molar-refractivity contribution >= 4 is 29.2 Å². The lowest BCUT2D eigenvalue weighted by Crippen LogP contribution is -2.37. The normalized spacial score (nSPS) is 17.4. The fourth-order valence-corrected chi connectivity index (χ4v) is 2.06. The van der Waals surface area contributed by atoms with E-state index >= 15 is 0 Å². The zero-order chi connectivity index (χ0) is 11.5. The van der Waals surface area contributed by atoms with Crippen LogP contribution >= 0.6 is 23.2 Å². The monoisotopic (exact) mass is 262 g/mol. The first kappa shape index (κ1) is 11.8. The van der Waals surface area contributed by atoms with E-state index in [1.54, 1.807) is 0 Å². The van der Waals surface area contributed by atoms with E-state index in [0.717, 1.165) is 26.1 Å². The maximum Gasteiger partial charge on any atom is 0.230 e. The molecule has 0 aliphatic carbocycles. The third-order valence-electron chi connectivity index (χ3n) is 2.62. The quantitative estimate of drug-likeness (QED) is 0.814. The molecule has 2 rings (SSSR count). The highest BCUT2D eigenvalue weighted by Crippen LogP contribution is 2.19. The Morgan fingerprint density at radius 1 is 1.12 bits per heavy atom. The molecule has 0 N–H and O–H groups in total. The van der Waals surface area contributed by atoms with Crippen LogP contribution < -0.4 is 4.90 Å². The number of rotatable bonds is 2. The average molecular weight is 263 g/mol. The van der Waals surface area contributed by atoms with Gasteiger partial charge in [0.1, 0.15) is 0 Å². The lowest BCUT2D eigenvalue weighted by atomic mass is 10.1. The summed E-state index contributed by atoms with van der Waals surface area (Å²) in [6, 6.07) is 0.364. The molecule has 0 atom stereocenters. The van der Waals surface area contributed by atoms with Crippen LogP contribution in [0.5, 0.6) is 0 Å². The standard InChI is InChI=1S/C9H12Cl2N4O/c1-15(6-2-4-16-5-3-6)9-13-7(10)12-8(11)14-9/h6H,2-5H2,1H3. The molecule has 1 fully saturated rings. The number of halogens is 2. The molecule has 1 aliphatic heterocycles. The molecular formula is C9H12Cl2N4O. The van der Waals surface area contributed by atoms with Crippen molar-refractivity contribution in [2.24, 2.45) is 0 Å². The predicted molar refractivity (Wildman–Crippen MR) is 62.1 cm³/mol. The molecule has 0 radical (unpaired) electrons. The highest BCUT2D eigenvalue weighted by Gasteiger charge is 2.21. The van der Waals surface area contributed by atoms with Gasteiger partial charge < -0.3 is 9.64 Å². The van der Waals surface area contributed by atoms with Crippen molar-refractivity contribution in [3.8, 4) is 0 Å². The minimum absolute atomic E-state index is 0.119. The Balaban J connectivity index is 2.15. The van der Waals surface area contributed by atoms with Gasteiger partial charge in [-0.25, -0.2) is 0 Å². The lowest BCUT2D eigenvalue weighted by Gasteiger charge is -2.31. The van der Waals surface area contributed by atoms with Crippen LogP contribution in [-0.4, -0.2) is 41.3 Å². The van der Waals surface area contributed by atoms with Crippen molar-refractivity contribution in [2.75, 3.05) is 25.2 Å². The Labute approximate surface area is 104 Å². The summed E-state index contributed by atoms with van der Waals surface area (Å²) in [7, 11) is 1.93. The van der Waals surface area contributed by atoms with Gasteiger partial charge in [0.15, 0.2) is 0 Å². The number of hydrogen-bond donors (Lipinski definition) is 0. The van der Waals surface area contributed by atoms with Crippen LogP contribution in [0.1, 0.15) is 12.8 Å². The Hall–Kier alpha value is -0.650. The fraction of sp³-hybridized carbons (Fsp3) is 0.667. The van der Waals surface area contributed by atoms with Crippen LogP contribution in [0.3, 0.4) is 0 Å². The molecule has 0 saturated carbocycles. The maximum absolute atomic E-state index is 5.74. The second-order valence-electron chi connectivity index (χ2n) is 3.63. The van der Waals surface area contributed by atoms with Crippen LogP contribution in [0.25, 0.3) is 0 Å². The molecule has 1 aliphatic rings. The van der Waals surface area contributed by atoms with Gasteiger partial charge in [0.2, 0.25) is 16.5 Å². The van der Waals surface area contributed by atoms with Crippen molar-refractivity contribution in [3.63, 3.8) is 0 Å². The molecule has 1 aromatic heterocycles. The summed E-state index contributed by atoms with van der Waals surface area (Å²) in [5.74, 6) is 0.511. The number of nitrogens with zero attached hydrogens (tertiary/aromatic N) is 4. The first-order valence-electron chi connectivity index (χ1n) is 5.04. The van der Waals surface area contributed by atoms with E-state index in [9.17, 15) is 0 Å². The van der Waals surface area contributed by atoms with Gasteiger partial charge in [-0.2, -0.15) is 15.0 Å². The average Bonchev–Trinajstić information content (AvgIpc) is 2.28. The Morgan fingerprint density at radius 3 is 2.25 bits per heavy atom. The zero-order valence-corrected chi connectivity index (χ0v) is 10.4. The van der Waals surface area contributed by atoms with E-state index < -0.39 is 0 Å². The van der Waals surface area contributed by atoms with Gasteiger partial charge in [0, 0.05) is 26.3 Å². The topological polar surface area (TPSA) is 51.1 Å². The third-order valence-corrected chi connectivity index (χ3v) is 2.96. The van der Waals surface area contributed by atoms with Gasteiger partial charge in [0.25, 0.3) is 0 Å². The summed E-state index contributed by atoms with van der Waals surface area (Å²) < 4.78 is 5.30. The molecule has 0 spiro atoms. The molecule has 7 heteroatoms. The van der Waals surface area contributed by atoms with E-state index in [2.05, 4.69) is 15.0 Å². The summed E-state index contributed by atoms with van der Waals surface area (Å²) in [6.45, 7) is 1.53. The van der Waals surface area contributed by atoms with Crippen LogP contribution in [0.2, 0.25) is 10.6 Å². The molecule has 0 bridgehead atoms. The molecular weight excluding hydrogens is 251 g/mol. The molecule has 5 nitrogen and oxygen atoms in total. The molecule has 0 amide bonds. The van der Waals surface area contributed by atoms with Gasteiger partial charge in [-0.15, -0.1) is 0 Å². The molecule has 88 valence electrons. The first-order chi connectivity index (χ1) is 7.66. The number of hydrogen-bond acceptors (Lipinski definition) is 5. The van der Waals surface area contributed by atoms with E-state index in [1.807, 2.05) is 11.9 Å². The molecule has 2 heterocycles. The minimum Gasteiger partial charge on any atom is -0.381 e. The SMILES string of the molecule is CN(c1nc(Cl)nc(Cl)n1)C1CCOCC1. The van der Waals surface area contributed by atoms with Crippen molar-refractivity contribution < 1.29 is 4.74 Å². The Bertz CT molecular complexity index is 350. The van der Waals surface area contributed by atoms with Gasteiger partial charge in [-0.05, 0) is 36.0 Å². The second-order valence-corrected chi connectivity index (χ2v) is 4.30. The van der Waals surface area contributed by atoms with Crippen LogP contribution in [-0.2, 0) is 4.74 Å². The fourth-order valence-electron chi connectivity index (χ4n) is 1.71. The molecule has 0 aromatic carbocycles.